The number of hydrogen-bond acceptors (Lipinski definition) is 4. The summed E-state index contributed by atoms with van der Waals surface area (Å²) in [6, 6.07) is 4.06. The van der Waals surface area contributed by atoms with Crippen molar-refractivity contribution in [2.75, 3.05) is 20.7 Å². The predicted octanol–water partition coefficient (Wildman–Crippen LogP) is 0.936. The van der Waals surface area contributed by atoms with E-state index >= 15 is 0 Å². The lowest BCUT2D eigenvalue weighted by atomic mass is 10.2. The third-order valence-corrected chi connectivity index (χ3v) is 3.66. The maximum Gasteiger partial charge on any atom is 0.387 e. The molecule has 146 valence electrons. The number of nitrogens with one attached hydrogen (secondary N) is 3. The van der Waals surface area contributed by atoms with Gasteiger partial charge in [0.1, 0.15) is 6.54 Å². The van der Waals surface area contributed by atoms with Crippen molar-refractivity contribution in [1.82, 2.24) is 10.6 Å². The minimum atomic E-state index is -2.94. The van der Waals surface area contributed by atoms with Crippen molar-refractivity contribution in [2.24, 2.45) is 0 Å². The number of quaternary nitrogens is 1. The molecule has 3 N–H and O–H groups in total. The van der Waals surface area contributed by atoms with Crippen molar-refractivity contribution < 1.29 is 32.7 Å². The van der Waals surface area contributed by atoms with Crippen LogP contribution in [0.2, 0.25) is 0 Å². The SMILES string of the molecule is CC[C@H](C)NC(=O)NC(=O)C[NH+](C)Cc1ccc(OC(F)F)c(OC)c1. The van der Waals surface area contributed by atoms with E-state index < -0.39 is 18.5 Å². The average molecular weight is 374 g/mol. The molecule has 0 fully saturated rings. The summed E-state index contributed by atoms with van der Waals surface area (Å²) in [6.07, 6.45) is 0.764. The number of carbonyl (C=O) groups excluding carboxylic acids is 2. The number of likely N-dealkylation sites (N-methyl/N-ethyl adjacent to an activating group) is 1. The van der Waals surface area contributed by atoms with E-state index in [9.17, 15) is 18.4 Å². The van der Waals surface area contributed by atoms with Crippen molar-refractivity contribution in [3.05, 3.63) is 23.8 Å². The Hall–Kier alpha value is -2.42. The summed E-state index contributed by atoms with van der Waals surface area (Å²) in [6.45, 7) is 1.35. The largest absolute Gasteiger partial charge is 0.493 e. The molecule has 0 saturated carbocycles. The number of urea groups is 1. The van der Waals surface area contributed by atoms with Gasteiger partial charge in [0.15, 0.2) is 18.0 Å². The lowest BCUT2D eigenvalue weighted by Gasteiger charge is -2.16. The lowest BCUT2D eigenvalue weighted by Crippen LogP contribution is -3.09. The number of alkyl halides is 2. The maximum absolute atomic E-state index is 12.3. The number of hydrogen-bond donors (Lipinski definition) is 3. The van der Waals surface area contributed by atoms with Gasteiger partial charge in [-0.25, -0.2) is 4.79 Å². The van der Waals surface area contributed by atoms with Gasteiger partial charge >= 0.3 is 12.6 Å². The molecule has 7 nitrogen and oxygen atoms in total. The van der Waals surface area contributed by atoms with Crippen LogP contribution in [-0.2, 0) is 11.3 Å². The van der Waals surface area contributed by atoms with Crippen molar-refractivity contribution in [2.45, 2.75) is 39.5 Å². The number of methoxy groups -OCH3 is 1. The van der Waals surface area contributed by atoms with E-state index in [0.717, 1.165) is 16.9 Å². The van der Waals surface area contributed by atoms with Crippen molar-refractivity contribution >= 4 is 11.9 Å². The number of rotatable bonds is 9. The Kier molecular flexibility index (Phi) is 8.77. The summed E-state index contributed by atoms with van der Waals surface area (Å²) in [7, 11) is 3.14. The monoisotopic (exact) mass is 374 g/mol. The Morgan fingerprint density at radius 3 is 2.54 bits per heavy atom. The maximum atomic E-state index is 12.3. The van der Waals surface area contributed by atoms with Crippen LogP contribution in [0, 0.1) is 0 Å². The van der Waals surface area contributed by atoms with E-state index in [1.54, 1.807) is 19.2 Å². The zero-order valence-corrected chi connectivity index (χ0v) is 15.4. The van der Waals surface area contributed by atoms with E-state index in [-0.39, 0.29) is 24.1 Å². The molecule has 1 aromatic carbocycles. The molecular formula is C17H26F2N3O4+. The van der Waals surface area contributed by atoms with Gasteiger partial charge in [0.05, 0.1) is 14.2 Å². The van der Waals surface area contributed by atoms with Gasteiger partial charge in [-0.15, -0.1) is 0 Å². The second-order valence-electron chi connectivity index (χ2n) is 6.01. The Balaban J connectivity index is 2.57. The van der Waals surface area contributed by atoms with Gasteiger partial charge in [0.2, 0.25) is 0 Å². The van der Waals surface area contributed by atoms with Crippen LogP contribution < -0.4 is 25.0 Å². The van der Waals surface area contributed by atoms with Gasteiger partial charge in [-0.2, -0.15) is 8.78 Å². The first-order valence-corrected chi connectivity index (χ1v) is 8.28. The highest BCUT2D eigenvalue weighted by molar-refractivity contribution is 5.94. The number of ether oxygens (including phenoxy) is 2. The Bertz CT molecular complexity index is 614. The van der Waals surface area contributed by atoms with E-state index in [1.807, 2.05) is 13.8 Å². The van der Waals surface area contributed by atoms with Crippen LogP contribution in [0.4, 0.5) is 13.6 Å². The fourth-order valence-electron chi connectivity index (χ4n) is 2.23. The Morgan fingerprint density at radius 2 is 1.96 bits per heavy atom. The minimum Gasteiger partial charge on any atom is -0.493 e. The van der Waals surface area contributed by atoms with E-state index in [4.69, 9.17) is 4.74 Å². The fraction of sp³-hybridized carbons (Fsp3) is 0.529. The van der Waals surface area contributed by atoms with Crippen LogP contribution in [0.15, 0.2) is 18.2 Å². The Labute approximate surface area is 151 Å². The van der Waals surface area contributed by atoms with E-state index in [0.29, 0.717) is 6.54 Å². The topological polar surface area (TPSA) is 81.1 Å². The third kappa shape index (κ3) is 7.64. The molecule has 0 aliphatic heterocycles. The number of benzene rings is 1. The summed E-state index contributed by atoms with van der Waals surface area (Å²) in [5.41, 5.74) is 0.776. The van der Waals surface area contributed by atoms with Gasteiger partial charge in [-0.05, 0) is 31.5 Å². The molecule has 0 spiro atoms. The molecule has 0 radical (unpaired) electrons. The molecule has 3 amide bonds. The lowest BCUT2D eigenvalue weighted by molar-refractivity contribution is -0.885. The molecule has 1 rings (SSSR count). The smallest absolute Gasteiger partial charge is 0.387 e. The molecule has 1 aromatic rings. The molecule has 0 saturated heterocycles. The second-order valence-corrected chi connectivity index (χ2v) is 6.01. The zero-order chi connectivity index (χ0) is 19.7. The molecular weight excluding hydrogens is 348 g/mol. The van der Waals surface area contributed by atoms with Gasteiger partial charge in [-0.1, -0.05) is 6.92 Å². The van der Waals surface area contributed by atoms with Crippen LogP contribution in [0.5, 0.6) is 11.5 Å². The van der Waals surface area contributed by atoms with Gasteiger partial charge in [0, 0.05) is 11.6 Å². The predicted molar refractivity (Wildman–Crippen MR) is 91.5 cm³/mol. The van der Waals surface area contributed by atoms with Crippen LogP contribution >= 0.6 is 0 Å². The first-order chi connectivity index (χ1) is 12.2. The number of carbonyl (C=O) groups is 2. The normalized spacial score (nSPS) is 13.0. The summed E-state index contributed by atoms with van der Waals surface area (Å²) in [4.78, 5) is 24.3. The van der Waals surface area contributed by atoms with E-state index in [1.165, 1.54) is 13.2 Å². The first-order valence-electron chi connectivity index (χ1n) is 8.28. The van der Waals surface area contributed by atoms with Crippen molar-refractivity contribution in [3.8, 4) is 11.5 Å². The van der Waals surface area contributed by atoms with Crippen molar-refractivity contribution in [3.63, 3.8) is 0 Å². The summed E-state index contributed by atoms with van der Waals surface area (Å²) in [5, 5.41) is 4.93. The number of halogens is 2. The molecule has 0 aliphatic carbocycles. The molecule has 0 aliphatic rings. The standard InChI is InChI=1S/C17H25F2N3O4/c1-5-11(2)20-17(24)21-15(23)10-22(3)9-12-6-7-13(26-16(18)19)14(8-12)25-4/h6-8,11,16H,5,9-10H2,1-4H3,(H2,20,21,23,24)/p+1/t11-/m0/s1. The summed E-state index contributed by atoms with van der Waals surface area (Å²) < 4.78 is 34.1. The first kappa shape index (κ1) is 21.6. The van der Waals surface area contributed by atoms with Gasteiger partial charge in [0.25, 0.3) is 5.91 Å². The second kappa shape index (κ2) is 10.5. The summed E-state index contributed by atoms with van der Waals surface area (Å²) >= 11 is 0. The van der Waals surface area contributed by atoms with Gasteiger partial charge in [-0.3, -0.25) is 10.1 Å². The van der Waals surface area contributed by atoms with Crippen LogP contribution in [0.3, 0.4) is 0 Å². The molecule has 1 unspecified atom stereocenters. The molecule has 0 aromatic heterocycles. The van der Waals surface area contributed by atoms with Crippen LogP contribution in [0.1, 0.15) is 25.8 Å². The highest BCUT2D eigenvalue weighted by Crippen LogP contribution is 2.29. The molecule has 0 heterocycles. The molecule has 0 bridgehead atoms. The van der Waals surface area contributed by atoms with Gasteiger partial charge < -0.3 is 19.7 Å². The number of imide groups is 1. The fourth-order valence-corrected chi connectivity index (χ4v) is 2.23. The van der Waals surface area contributed by atoms with Crippen LogP contribution in [0.25, 0.3) is 0 Å². The number of amides is 3. The molecule has 26 heavy (non-hydrogen) atoms. The quantitative estimate of drug-likeness (QED) is 0.601. The highest BCUT2D eigenvalue weighted by Gasteiger charge is 2.16. The zero-order valence-electron chi connectivity index (χ0n) is 15.4. The molecule has 2 atom stereocenters. The highest BCUT2D eigenvalue weighted by atomic mass is 19.3. The average Bonchev–Trinajstić information content (AvgIpc) is 2.54. The molecule has 9 heteroatoms. The Morgan fingerprint density at radius 1 is 1.27 bits per heavy atom. The van der Waals surface area contributed by atoms with Crippen molar-refractivity contribution in [1.29, 1.82) is 0 Å². The van der Waals surface area contributed by atoms with Crippen LogP contribution in [-0.4, -0.2) is 45.3 Å². The summed E-state index contributed by atoms with van der Waals surface area (Å²) in [5.74, 6) is -0.274. The third-order valence-electron chi connectivity index (χ3n) is 3.66. The van der Waals surface area contributed by atoms with E-state index in [2.05, 4.69) is 15.4 Å². The minimum absolute atomic E-state index is 0.0192.